The minimum atomic E-state index is 0.196. The van der Waals surface area contributed by atoms with Gasteiger partial charge in [-0.3, -0.25) is 0 Å². The van der Waals surface area contributed by atoms with Gasteiger partial charge in [0.2, 0.25) is 0 Å². The molecule has 1 heterocycles. The van der Waals surface area contributed by atoms with Crippen LogP contribution in [0.25, 0.3) is 10.8 Å². The predicted octanol–water partition coefficient (Wildman–Crippen LogP) is 2.39. The maximum atomic E-state index is 5.73. The van der Waals surface area contributed by atoms with Crippen LogP contribution in [0.2, 0.25) is 0 Å². The van der Waals surface area contributed by atoms with Gasteiger partial charge in [0.15, 0.2) is 0 Å². The van der Waals surface area contributed by atoms with E-state index in [4.69, 9.17) is 10.5 Å². The lowest BCUT2D eigenvalue weighted by Gasteiger charge is -2.11. The molecule has 4 nitrogen and oxygen atoms in total. The Balaban J connectivity index is 2.25. The summed E-state index contributed by atoms with van der Waals surface area (Å²) >= 11 is 0. The van der Waals surface area contributed by atoms with Gasteiger partial charge in [-0.15, -0.1) is 0 Å². The first-order valence-electron chi connectivity index (χ1n) is 6.13. The Kier molecular flexibility index (Phi) is 3.99. The van der Waals surface area contributed by atoms with Gasteiger partial charge < -0.3 is 15.8 Å². The number of anilines is 1. The molecule has 0 aliphatic heterocycles. The Morgan fingerprint density at radius 2 is 2.22 bits per heavy atom. The maximum Gasteiger partial charge on any atom is 0.133 e. The molecule has 1 aromatic heterocycles. The number of hydrogen-bond acceptors (Lipinski definition) is 4. The number of rotatable bonds is 5. The first kappa shape index (κ1) is 12.6. The average Bonchev–Trinajstić information content (AvgIpc) is 2.38. The molecule has 4 heteroatoms. The third-order valence-electron chi connectivity index (χ3n) is 2.87. The minimum absolute atomic E-state index is 0.196. The summed E-state index contributed by atoms with van der Waals surface area (Å²) in [6, 6.07) is 8.17. The van der Waals surface area contributed by atoms with Gasteiger partial charge in [0.25, 0.3) is 0 Å². The Morgan fingerprint density at radius 3 is 2.94 bits per heavy atom. The molecule has 1 aromatic carbocycles. The number of aromatic nitrogens is 1. The first-order valence-corrected chi connectivity index (χ1v) is 6.13. The number of methoxy groups -OCH3 is 1. The molecule has 18 heavy (non-hydrogen) atoms. The summed E-state index contributed by atoms with van der Waals surface area (Å²) in [7, 11) is 1.67. The fraction of sp³-hybridized carbons (Fsp3) is 0.357. The Morgan fingerprint density at radius 1 is 1.39 bits per heavy atom. The zero-order chi connectivity index (χ0) is 13.0. The Hall–Kier alpha value is -1.81. The molecule has 1 unspecified atom stereocenters. The normalized spacial score (nSPS) is 12.4. The molecule has 0 saturated carbocycles. The molecule has 0 aliphatic carbocycles. The van der Waals surface area contributed by atoms with E-state index < -0.39 is 0 Å². The lowest BCUT2D eigenvalue weighted by molar-refractivity contribution is 0.415. The average molecular weight is 245 g/mol. The van der Waals surface area contributed by atoms with Crippen LogP contribution in [0.3, 0.4) is 0 Å². The molecule has 96 valence electrons. The second-order valence-electron chi connectivity index (χ2n) is 4.44. The summed E-state index contributed by atoms with van der Waals surface area (Å²) in [6.07, 6.45) is 2.73. The second kappa shape index (κ2) is 5.69. The van der Waals surface area contributed by atoms with Crippen LogP contribution in [0.4, 0.5) is 5.82 Å². The predicted molar refractivity (Wildman–Crippen MR) is 75.1 cm³/mol. The van der Waals surface area contributed by atoms with E-state index in [2.05, 4.69) is 10.3 Å². The van der Waals surface area contributed by atoms with Crippen molar-refractivity contribution in [1.29, 1.82) is 0 Å². The van der Waals surface area contributed by atoms with E-state index in [9.17, 15) is 0 Å². The summed E-state index contributed by atoms with van der Waals surface area (Å²) in [5.41, 5.74) is 5.73. The number of ether oxygens (including phenoxy) is 1. The number of nitrogens with one attached hydrogen (secondary N) is 1. The maximum absolute atomic E-state index is 5.73. The smallest absolute Gasteiger partial charge is 0.133 e. The molecule has 2 rings (SSSR count). The van der Waals surface area contributed by atoms with Crippen molar-refractivity contribution in [3.8, 4) is 5.75 Å². The Labute approximate surface area is 107 Å². The summed E-state index contributed by atoms with van der Waals surface area (Å²) < 4.78 is 5.24. The highest BCUT2D eigenvalue weighted by Gasteiger charge is 2.04. The number of nitrogens with zero attached hydrogens (tertiary/aromatic N) is 1. The van der Waals surface area contributed by atoms with E-state index in [-0.39, 0.29) is 6.04 Å². The van der Waals surface area contributed by atoms with Crippen molar-refractivity contribution in [3.63, 3.8) is 0 Å². The van der Waals surface area contributed by atoms with Crippen molar-refractivity contribution in [2.45, 2.75) is 19.4 Å². The van der Waals surface area contributed by atoms with Crippen molar-refractivity contribution < 1.29 is 4.74 Å². The number of fused-ring (bicyclic) bond motifs is 1. The van der Waals surface area contributed by atoms with Crippen molar-refractivity contribution >= 4 is 16.6 Å². The van der Waals surface area contributed by atoms with Gasteiger partial charge in [-0.25, -0.2) is 4.98 Å². The van der Waals surface area contributed by atoms with Crippen molar-refractivity contribution in [2.24, 2.45) is 5.73 Å². The fourth-order valence-corrected chi connectivity index (χ4v) is 1.83. The van der Waals surface area contributed by atoms with E-state index in [1.807, 2.05) is 37.4 Å². The molecule has 0 aliphatic rings. The van der Waals surface area contributed by atoms with Gasteiger partial charge in [0.05, 0.1) is 7.11 Å². The lowest BCUT2D eigenvalue weighted by atomic mass is 10.1. The van der Waals surface area contributed by atoms with Crippen molar-refractivity contribution in [2.75, 3.05) is 19.0 Å². The summed E-state index contributed by atoms with van der Waals surface area (Å²) in [6.45, 7) is 2.82. The Bertz CT molecular complexity index is 525. The lowest BCUT2D eigenvalue weighted by Crippen LogP contribution is -2.19. The van der Waals surface area contributed by atoms with Gasteiger partial charge in [0.1, 0.15) is 11.6 Å². The third-order valence-corrected chi connectivity index (χ3v) is 2.87. The van der Waals surface area contributed by atoms with E-state index in [0.29, 0.717) is 0 Å². The highest BCUT2D eigenvalue weighted by atomic mass is 16.5. The van der Waals surface area contributed by atoms with Crippen molar-refractivity contribution in [3.05, 3.63) is 30.5 Å². The van der Waals surface area contributed by atoms with Crippen LogP contribution in [0.5, 0.6) is 5.75 Å². The van der Waals surface area contributed by atoms with Gasteiger partial charge in [-0.2, -0.15) is 0 Å². The highest BCUT2D eigenvalue weighted by molar-refractivity contribution is 5.92. The van der Waals surface area contributed by atoms with Crippen LogP contribution in [0.1, 0.15) is 13.3 Å². The molecule has 0 radical (unpaired) electrons. The molecule has 0 spiro atoms. The molecule has 0 amide bonds. The summed E-state index contributed by atoms with van der Waals surface area (Å²) in [4.78, 5) is 4.37. The number of nitrogens with two attached hydrogens (primary N) is 1. The first-order chi connectivity index (χ1) is 8.70. The van der Waals surface area contributed by atoms with Crippen LogP contribution in [-0.4, -0.2) is 24.7 Å². The van der Waals surface area contributed by atoms with Crippen LogP contribution in [-0.2, 0) is 0 Å². The third kappa shape index (κ3) is 2.90. The molecule has 0 saturated heterocycles. The largest absolute Gasteiger partial charge is 0.497 e. The molecule has 3 N–H and O–H groups in total. The molecule has 2 aromatic rings. The van der Waals surface area contributed by atoms with E-state index >= 15 is 0 Å². The van der Waals surface area contributed by atoms with Crippen LogP contribution >= 0.6 is 0 Å². The van der Waals surface area contributed by atoms with Crippen LogP contribution in [0.15, 0.2) is 30.5 Å². The van der Waals surface area contributed by atoms with Gasteiger partial charge in [-0.05, 0) is 36.9 Å². The quantitative estimate of drug-likeness (QED) is 0.849. The van der Waals surface area contributed by atoms with Crippen LogP contribution < -0.4 is 15.8 Å². The molecule has 0 fully saturated rings. The molecular weight excluding hydrogens is 226 g/mol. The van der Waals surface area contributed by atoms with E-state index in [1.165, 1.54) is 0 Å². The summed E-state index contributed by atoms with van der Waals surface area (Å²) in [5.74, 6) is 1.72. The van der Waals surface area contributed by atoms with E-state index in [0.717, 1.165) is 35.3 Å². The standard InChI is InChI=1S/C14H19N3O/c1-10(15)5-7-16-14-13-9-12(18-2)4-3-11(13)6-8-17-14/h3-4,6,8-10H,5,7,15H2,1-2H3,(H,16,17). The number of pyridine rings is 1. The molecule has 0 bridgehead atoms. The topological polar surface area (TPSA) is 60.2 Å². The summed E-state index contributed by atoms with van der Waals surface area (Å²) in [5, 5.41) is 5.54. The number of hydrogen-bond donors (Lipinski definition) is 2. The SMILES string of the molecule is COc1ccc2ccnc(NCCC(C)N)c2c1. The van der Waals surface area contributed by atoms with Gasteiger partial charge in [0, 0.05) is 24.2 Å². The zero-order valence-electron chi connectivity index (χ0n) is 10.8. The van der Waals surface area contributed by atoms with Gasteiger partial charge in [-0.1, -0.05) is 6.07 Å². The van der Waals surface area contributed by atoms with Crippen molar-refractivity contribution in [1.82, 2.24) is 4.98 Å². The monoisotopic (exact) mass is 245 g/mol. The molecular formula is C14H19N3O. The number of benzene rings is 1. The molecule has 1 atom stereocenters. The zero-order valence-corrected chi connectivity index (χ0v) is 10.8. The fourth-order valence-electron chi connectivity index (χ4n) is 1.83. The van der Waals surface area contributed by atoms with Crippen LogP contribution in [0, 0.1) is 0 Å². The van der Waals surface area contributed by atoms with E-state index in [1.54, 1.807) is 7.11 Å². The minimum Gasteiger partial charge on any atom is -0.497 e. The second-order valence-corrected chi connectivity index (χ2v) is 4.44. The highest BCUT2D eigenvalue weighted by Crippen LogP contribution is 2.25. The van der Waals surface area contributed by atoms with Gasteiger partial charge >= 0.3 is 0 Å².